The van der Waals surface area contributed by atoms with Gasteiger partial charge in [0.15, 0.2) is 0 Å². The van der Waals surface area contributed by atoms with Gasteiger partial charge in [-0.3, -0.25) is 0 Å². The zero-order chi connectivity index (χ0) is 52.9. The Bertz CT molecular complexity index is 3950. The van der Waals surface area contributed by atoms with Gasteiger partial charge in [-0.2, -0.15) is 25.2 Å². The molecule has 0 unspecified atom stereocenters. The van der Waals surface area contributed by atoms with Gasteiger partial charge in [-0.15, -0.1) is 10.2 Å². The van der Waals surface area contributed by atoms with E-state index in [0.717, 1.165) is 12.1 Å². The molecule has 1 heterocycles. The van der Waals surface area contributed by atoms with Crippen LogP contribution in [0.1, 0.15) is 0 Å². The molecule has 1 aromatic heterocycles. The first-order valence-electron chi connectivity index (χ1n) is 19.5. The van der Waals surface area contributed by atoms with Crippen LogP contribution < -0.4 is 155 Å². The minimum Gasteiger partial charge on any atom is -0.871 e. The Morgan fingerprint density at radius 3 is 1.08 bits per heavy atom. The number of nitrogens with zero attached hydrogens (tertiary/aromatic N) is 7. The molecule has 0 bridgehead atoms. The molecular formula is C41H20Cl2Cu2N10Na4O16S4. The first-order chi connectivity index (χ1) is 34.1. The third kappa shape index (κ3) is 17.1. The van der Waals surface area contributed by atoms with Crippen LogP contribution in [0.5, 0.6) is 23.0 Å². The fraction of sp³-hybridized carbons (Fsp3) is 0. The molecule has 0 fully saturated rings. The molecule has 0 saturated carbocycles. The van der Waals surface area contributed by atoms with E-state index in [0.29, 0.717) is 30.0 Å². The van der Waals surface area contributed by atoms with Crippen molar-refractivity contribution in [3.63, 3.8) is 0 Å². The fourth-order valence-electron chi connectivity index (χ4n) is 6.61. The molecule has 8 rings (SSSR count). The predicted octanol–water partition coefficient (Wildman–Crippen LogP) is -6.53. The second kappa shape index (κ2) is 28.6. The van der Waals surface area contributed by atoms with E-state index < -0.39 is 116 Å². The summed E-state index contributed by atoms with van der Waals surface area (Å²) < 4.78 is 144. The number of nitrogens with one attached hydrogen (secondary N) is 3. The maximum atomic E-state index is 13.6. The van der Waals surface area contributed by atoms with E-state index in [9.17, 15) is 72.3 Å². The minimum absolute atomic E-state index is 0. The summed E-state index contributed by atoms with van der Waals surface area (Å²) in [7, 11) is -21.4. The third-order valence-corrected chi connectivity index (χ3v) is 13.8. The van der Waals surface area contributed by atoms with Crippen LogP contribution >= 0.6 is 23.2 Å². The summed E-state index contributed by atoms with van der Waals surface area (Å²) in [6.07, 6.45) is 0. The van der Waals surface area contributed by atoms with Crippen molar-refractivity contribution in [1.82, 2.24) is 15.0 Å². The number of benzene rings is 7. The molecule has 7 aromatic carbocycles. The molecule has 394 valence electrons. The van der Waals surface area contributed by atoms with Crippen LogP contribution in [0.3, 0.4) is 0 Å². The van der Waals surface area contributed by atoms with Crippen LogP contribution in [-0.2, 0) is 74.6 Å². The third-order valence-electron chi connectivity index (χ3n) is 9.87. The average Bonchev–Trinajstić information content (AvgIpc) is 3.29. The Balaban J connectivity index is 0.00000356. The Morgan fingerprint density at radius 2 is 0.747 bits per heavy atom. The Hall–Kier alpha value is -2.87. The number of aromatic nitrogens is 3. The zero-order valence-electron chi connectivity index (χ0n) is 40.0. The largest absolute Gasteiger partial charge is 2.00 e. The van der Waals surface area contributed by atoms with Crippen molar-refractivity contribution in [1.29, 1.82) is 0 Å². The Labute approximate surface area is 566 Å². The molecule has 0 aliphatic rings. The van der Waals surface area contributed by atoms with Crippen LogP contribution in [-0.4, -0.2) is 66.8 Å². The van der Waals surface area contributed by atoms with Crippen molar-refractivity contribution in [2.75, 3.05) is 16.0 Å². The van der Waals surface area contributed by atoms with E-state index in [2.05, 4.69) is 51.4 Å². The molecule has 38 heteroatoms. The Morgan fingerprint density at radius 1 is 0.405 bits per heavy atom. The number of hydrogen-bond acceptors (Lipinski definition) is 26. The molecule has 2 radical (unpaired) electrons. The zero-order valence-corrected chi connectivity index (χ0v) is 54.6. The van der Waals surface area contributed by atoms with E-state index in [1.807, 2.05) is 0 Å². The van der Waals surface area contributed by atoms with Gasteiger partial charge < -0.3 is 54.6 Å². The first-order valence-corrected chi connectivity index (χ1v) is 25.9. The molecule has 26 nitrogen and oxygen atoms in total. The standard InChI is InChI=1S/C41H28Cl2N10O16S4.2Cu.4Na/c42-27-14-23(70(58,59)60)16-29(37(27)56)50-52-33-31(72(64,65)66)12-18-10-21(6-8-25(18)35(33)54)45-40-47-39(44-20-4-2-1-3-5-20)48-41(49-40)46-22-7-9-26-19(11-22)13-32(73(67,68)69)34(36(26)55)53-51-30-17-24(71(61,62)63)15-28(43)38(30)57;;;;;;/h1-17,54-57H,(H,58,59,60)(H,61,62,63)(H,64,65,66)(H,67,68,69)(H3,44,45,46,47,48,49);;;;;;/q;2*+2;4*+1/p-8. The van der Waals surface area contributed by atoms with E-state index in [1.54, 1.807) is 30.3 Å². The molecule has 0 aliphatic heterocycles. The fourth-order valence-corrected chi connectivity index (χ4v) is 9.49. The summed E-state index contributed by atoms with van der Waals surface area (Å²) in [6.45, 7) is 0. The first kappa shape index (κ1) is 72.2. The number of hydrogen-bond donors (Lipinski definition) is 3. The SMILES string of the molecule is O=S(=O)([O-])c1cc(Cl)c([O-])c(N=Nc2c(S(=O)(=O)[O-])cc3cc(Nc4nc(Nc5ccccc5)nc(Nc5ccc6c([O-])c(N=Nc7cc(S(=O)(=O)[O-])cc(Cl)c7[O-])c(S(=O)(=O)[O-])cc6c5)n4)ccc3c2[O-])c1.[Cu+2].[Cu+2].[Na+].[Na+].[Na+].[Na+]. The van der Waals surface area contributed by atoms with Crippen molar-refractivity contribution >= 4 is 143 Å². The normalized spacial score (nSPS) is 11.6. The van der Waals surface area contributed by atoms with E-state index in [1.165, 1.54) is 36.4 Å². The van der Waals surface area contributed by atoms with Crippen LogP contribution in [0.15, 0.2) is 143 Å². The summed E-state index contributed by atoms with van der Waals surface area (Å²) in [6, 6.07) is 19.5. The molecule has 3 N–H and O–H groups in total. The number of halogens is 2. The molecule has 0 saturated heterocycles. The van der Waals surface area contributed by atoms with E-state index in [-0.39, 0.29) is 203 Å². The summed E-state index contributed by atoms with van der Waals surface area (Å²) >= 11 is 11.5. The van der Waals surface area contributed by atoms with Gasteiger partial charge in [0.25, 0.3) is 0 Å². The molecule has 0 atom stereocenters. The van der Waals surface area contributed by atoms with Gasteiger partial charge in [0.05, 0.1) is 42.3 Å². The predicted molar refractivity (Wildman–Crippen MR) is 245 cm³/mol. The van der Waals surface area contributed by atoms with Gasteiger partial charge in [-0.1, -0.05) is 76.5 Å². The monoisotopic (exact) mass is 1320 g/mol. The maximum absolute atomic E-state index is 13.6. The van der Waals surface area contributed by atoms with Crippen LogP contribution in [0, 0.1) is 0 Å². The van der Waals surface area contributed by atoms with Gasteiger partial charge in [0, 0.05) is 27.1 Å². The van der Waals surface area contributed by atoms with Gasteiger partial charge in [-0.05, 0) is 94.3 Å². The number of rotatable bonds is 14. The quantitative estimate of drug-likeness (QED) is 0.0518. The Kier molecular flexibility index (Phi) is 26.2. The summed E-state index contributed by atoms with van der Waals surface area (Å²) in [5.74, 6) is -5.22. The smallest absolute Gasteiger partial charge is 0.871 e. The number of fused-ring (bicyclic) bond motifs is 2. The number of anilines is 6. The van der Waals surface area contributed by atoms with Gasteiger partial charge in [-0.25, -0.2) is 33.7 Å². The topological polar surface area (TPSA) is 445 Å². The number of para-hydroxylation sites is 1. The molecule has 0 aliphatic carbocycles. The van der Waals surface area contributed by atoms with Gasteiger partial charge >= 0.3 is 152 Å². The van der Waals surface area contributed by atoms with Crippen molar-refractivity contribution in [2.24, 2.45) is 20.5 Å². The van der Waals surface area contributed by atoms with Crippen molar-refractivity contribution in [3.8, 4) is 23.0 Å². The van der Waals surface area contributed by atoms with Gasteiger partial charge in [0.1, 0.15) is 40.5 Å². The van der Waals surface area contributed by atoms with E-state index >= 15 is 0 Å². The summed E-state index contributed by atoms with van der Waals surface area (Å²) in [5, 5.41) is 72.5. The number of azo groups is 2. The van der Waals surface area contributed by atoms with Crippen LogP contribution in [0.4, 0.5) is 57.7 Å². The summed E-state index contributed by atoms with van der Waals surface area (Å²) in [4.78, 5) is 8.65. The van der Waals surface area contributed by atoms with Crippen LogP contribution in [0.25, 0.3) is 21.5 Å². The van der Waals surface area contributed by atoms with Crippen molar-refractivity contribution in [3.05, 3.63) is 113 Å². The van der Waals surface area contributed by atoms with Crippen molar-refractivity contribution < 1.29 is 225 Å². The van der Waals surface area contributed by atoms with E-state index in [4.69, 9.17) is 23.2 Å². The van der Waals surface area contributed by atoms with Crippen molar-refractivity contribution in [2.45, 2.75) is 19.6 Å². The molecule has 0 spiro atoms. The average molecular weight is 1330 g/mol. The molecule has 79 heavy (non-hydrogen) atoms. The second-order valence-electron chi connectivity index (χ2n) is 14.7. The molecule has 8 aromatic rings. The summed E-state index contributed by atoms with van der Waals surface area (Å²) in [5.41, 5.74) is -3.26. The van der Waals surface area contributed by atoms with Gasteiger partial charge in [0.2, 0.25) is 17.8 Å². The molecular weight excluding hydrogens is 1310 g/mol. The minimum atomic E-state index is -5.53. The molecule has 0 amide bonds. The van der Waals surface area contributed by atoms with Crippen LogP contribution in [0.2, 0.25) is 10.0 Å². The second-order valence-corrected chi connectivity index (χ2v) is 21.0. The maximum Gasteiger partial charge on any atom is 2.00 e.